The van der Waals surface area contributed by atoms with E-state index in [-0.39, 0.29) is 6.10 Å². The van der Waals surface area contributed by atoms with Crippen molar-refractivity contribution in [2.75, 3.05) is 6.61 Å². The van der Waals surface area contributed by atoms with Gasteiger partial charge in [0.05, 0.1) is 5.69 Å². The van der Waals surface area contributed by atoms with E-state index in [1.807, 2.05) is 11.3 Å². The Hall–Kier alpha value is -0.450. The van der Waals surface area contributed by atoms with Gasteiger partial charge in [0, 0.05) is 24.1 Å². The average molecular weight is 254 g/mol. The number of hydrogen-bond acceptors (Lipinski definition) is 4. The van der Waals surface area contributed by atoms with Crippen LogP contribution in [0.2, 0.25) is 0 Å². The molecule has 0 amide bonds. The first-order valence-electron chi connectivity index (χ1n) is 6.52. The van der Waals surface area contributed by atoms with Crippen LogP contribution in [0.1, 0.15) is 54.8 Å². The number of aromatic nitrogens is 1. The smallest absolute Gasteiger partial charge is 0.122 e. The molecule has 1 fully saturated rings. The lowest BCUT2D eigenvalue weighted by molar-refractivity contribution is 0.111. The third kappa shape index (κ3) is 3.27. The fourth-order valence-electron chi connectivity index (χ4n) is 1.94. The average Bonchev–Trinajstić information content (AvgIpc) is 2.95. The van der Waals surface area contributed by atoms with Crippen LogP contribution in [0.5, 0.6) is 0 Å². The molecule has 2 atom stereocenters. The van der Waals surface area contributed by atoms with Crippen LogP contribution in [0.3, 0.4) is 0 Å². The van der Waals surface area contributed by atoms with Gasteiger partial charge in [0.25, 0.3) is 0 Å². The van der Waals surface area contributed by atoms with Gasteiger partial charge in [-0.3, -0.25) is 0 Å². The van der Waals surface area contributed by atoms with E-state index >= 15 is 0 Å². The van der Waals surface area contributed by atoms with Crippen LogP contribution in [-0.4, -0.2) is 17.6 Å². The third-order valence-electron chi connectivity index (χ3n) is 3.34. The molecule has 4 heteroatoms. The lowest BCUT2D eigenvalue weighted by atomic mass is 10.2. The minimum atomic E-state index is 0.260. The molecule has 1 aliphatic heterocycles. The summed E-state index contributed by atoms with van der Waals surface area (Å²) in [6.07, 6.45) is 3.72. The summed E-state index contributed by atoms with van der Waals surface area (Å²) in [7, 11) is 0. The molecule has 2 heterocycles. The van der Waals surface area contributed by atoms with E-state index in [0.29, 0.717) is 6.04 Å². The van der Waals surface area contributed by atoms with Crippen LogP contribution in [0.4, 0.5) is 0 Å². The number of nitrogens with zero attached hydrogens (tertiary/aromatic N) is 1. The lowest BCUT2D eigenvalue weighted by Crippen LogP contribution is -2.24. The Labute approximate surface area is 108 Å². The monoisotopic (exact) mass is 254 g/mol. The Bertz CT molecular complexity index is 358. The molecule has 1 aromatic heterocycles. The number of aryl methyl sites for hydroxylation is 1. The second-order valence-corrected chi connectivity index (χ2v) is 5.87. The largest absolute Gasteiger partial charge is 0.371 e. The van der Waals surface area contributed by atoms with Gasteiger partial charge in [-0.15, -0.1) is 11.3 Å². The van der Waals surface area contributed by atoms with Crippen molar-refractivity contribution < 1.29 is 4.74 Å². The van der Waals surface area contributed by atoms with Crippen LogP contribution in [-0.2, 0) is 11.3 Å². The standard InChI is InChI=1S/C13H22N2OS/c1-4-9(2)14-8-12-10(3)15-13(17-12)11-6-5-7-16-11/h9,11,14H,4-8H2,1-3H3. The van der Waals surface area contributed by atoms with E-state index in [0.717, 1.165) is 31.7 Å². The van der Waals surface area contributed by atoms with E-state index in [2.05, 4.69) is 31.1 Å². The molecule has 0 radical (unpaired) electrons. The van der Waals surface area contributed by atoms with Gasteiger partial charge in [-0.25, -0.2) is 4.98 Å². The summed E-state index contributed by atoms with van der Waals surface area (Å²) < 4.78 is 5.68. The Morgan fingerprint density at radius 1 is 1.59 bits per heavy atom. The zero-order chi connectivity index (χ0) is 12.3. The molecule has 96 valence electrons. The molecule has 1 saturated heterocycles. The SMILES string of the molecule is CCC(C)NCc1sc(C2CCCO2)nc1C. The van der Waals surface area contributed by atoms with Gasteiger partial charge in [0.15, 0.2) is 0 Å². The van der Waals surface area contributed by atoms with E-state index in [9.17, 15) is 0 Å². The number of nitrogens with one attached hydrogen (secondary N) is 1. The molecule has 17 heavy (non-hydrogen) atoms. The maximum Gasteiger partial charge on any atom is 0.122 e. The van der Waals surface area contributed by atoms with Gasteiger partial charge < -0.3 is 10.1 Å². The zero-order valence-electron chi connectivity index (χ0n) is 11.0. The van der Waals surface area contributed by atoms with Gasteiger partial charge in [-0.05, 0) is 33.1 Å². The molecule has 0 spiro atoms. The molecule has 0 aromatic carbocycles. The maximum atomic E-state index is 5.68. The van der Waals surface area contributed by atoms with Crippen molar-refractivity contribution in [2.24, 2.45) is 0 Å². The Balaban J connectivity index is 1.97. The van der Waals surface area contributed by atoms with Crippen LogP contribution < -0.4 is 5.32 Å². The van der Waals surface area contributed by atoms with E-state index in [1.54, 1.807) is 0 Å². The highest BCUT2D eigenvalue weighted by atomic mass is 32.1. The summed E-state index contributed by atoms with van der Waals surface area (Å²) in [5.74, 6) is 0. The second kappa shape index (κ2) is 5.94. The van der Waals surface area contributed by atoms with E-state index in [4.69, 9.17) is 4.74 Å². The third-order valence-corrected chi connectivity index (χ3v) is 4.59. The first-order chi connectivity index (χ1) is 8.20. The molecule has 2 unspecified atom stereocenters. The summed E-state index contributed by atoms with van der Waals surface area (Å²) in [6.45, 7) is 8.35. The molecule has 0 aliphatic carbocycles. The summed E-state index contributed by atoms with van der Waals surface area (Å²) in [6, 6.07) is 0.572. The Morgan fingerprint density at radius 3 is 3.06 bits per heavy atom. The molecule has 2 rings (SSSR count). The highest BCUT2D eigenvalue weighted by Crippen LogP contribution is 2.32. The molecule has 0 saturated carbocycles. The van der Waals surface area contributed by atoms with Crippen molar-refractivity contribution >= 4 is 11.3 Å². The van der Waals surface area contributed by atoms with Crippen LogP contribution in [0, 0.1) is 6.92 Å². The van der Waals surface area contributed by atoms with Gasteiger partial charge in [0.1, 0.15) is 11.1 Å². The first kappa shape index (κ1) is 13.0. The number of rotatable bonds is 5. The van der Waals surface area contributed by atoms with Gasteiger partial charge >= 0.3 is 0 Å². The molecular weight excluding hydrogens is 232 g/mol. The normalized spacial score (nSPS) is 21.9. The predicted molar refractivity (Wildman–Crippen MR) is 71.4 cm³/mol. The maximum absolute atomic E-state index is 5.68. The van der Waals surface area contributed by atoms with Gasteiger partial charge in [-0.2, -0.15) is 0 Å². The number of thiazole rings is 1. The van der Waals surface area contributed by atoms with Crippen LogP contribution in [0.25, 0.3) is 0 Å². The fourth-order valence-corrected chi connectivity index (χ4v) is 3.04. The summed E-state index contributed by atoms with van der Waals surface area (Å²) in [5.41, 5.74) is 1.16. The van der Waals surface area contributed by atoms with Crippen molar-refractivity contribution in [2.45, 2.75) is 58.7 Å². The van der Waals surface area contributed by atoms with Crippen molar-refractivity contribution in [3.8, 4) is 0 Å². The summed E-state index contributed by atoms with van der Waals surface area (Å²) >= 11 is 1.81. The quantitative estimate of drug-likeness (QED) is 0.876. The van der Waals surface area contributed by atoms with Crippen molar-refractivity contribution in [3.63, 3.8) is 0 Å². The topological polar surface area (TPSA) is 34.1 Å². The number of hydrogen-bond donors (Lipinski definition) is 1. The highest BCUT2D eigenvalue weighted by Gasteiger charge is 2.22. The number of ether oxygens (including phenoxy) is 1. The molecule has 1 aliphatic rings. The van der Waals surface area contributed by atoms with Crippen LogP contribution in [0.15, 0.2) is 0 Å². The second-order valence-electron chi connectivity index (χ2n) is 4.75. The Kier molecular flexibility index (Phi) is 4.54. The molecule has 0 bridgehead atoms. The van der Waals surface area contributed by atoms with Crippen LogP contribution >= 0.6 is 11.3 Å². The van der Waals surface area contributed by atoms with Gasteiger partial charge in [-0.1, -0.05) is 6.92 Å². The summed E-state index contributed by atoms with van der Waals surface area (Å²) in [5, 5.41) is 4.69. The highest BCUT2D eigenvalue weighted by molar-refractivity contribution is 7.11. The Morgan fingerprint density at radius 2 is 2.41 bits per heavy atom. The molecular formula is C13H22N2OS. The van der Waals surface area contributed by atoms with E-state index < -0.39 is 0 Å². The van der Waals surface area contributed by atoms with E-state index in [1.165, 1.54) is 16.3 Å². The lowest BCUT2D eigenvalue weighted by Gasteiger charge is -2.09. The first-order valence-corrected chi connectivity index (χ1v) is 7.33. The van der Waals surface area contributed by atoms with Crippen molar-refractivity contribution in [1.29, 1.82) is 0 Å². The molecule has 1 N–H and O–H groups in total. The minimum absolute atomic E-state index is 0.260. The fraction of sp³-hybridized carbons (Fsp3) is 0.769. The van der Waals surface area contributed by atoms with Crippen molar-refractivity contribution in [1.82, 2.24) is 10.3 Å². The zero-order valence-corrected chi connectivity index (χ0v) is 11.8. The van der Waals surface area contributed by atoms with Gasteiger partial charge in [0.2, 0.25) is 0 Å². The minimum Gasteiger partial charge on any atom is -0.371 e. The van der Waals surface area contributed by atoms with Crippen molar-refractivity contribution in [3.05, 3.63) is 15.6 Å². The summed E-state index contributed by atoms with van der Waals surface area (Å²) in [4.78, 5) is 6.01. The predicted octanol–water partition coefficient (Wildman–Crippen LogP) is 3.19. The molecule has 1 aromatic rings. The molecule has 3 nitrogen and oxygen atoms in total.